The van der Waals surface area contributed by atoms with E-state index in [0.29, 0.717) is 19.3 Å². The van der Waals surface area contributed by atoms with Crippen molar-refractivity contribution in [2.24, 2.45) is 15.3 Å². The van der Waals surface area contributed by atoms with Gasteiger partial charge in [0.05, 0.1) is 42.5 Å². The number of amides is 1. The van der Waals surface area contributed by atoms with Crippen LogP contribution < -0.4 is 0 Å². The Balaban J connectivity index is 1.58. The van der Waals surface area contributed by atoms with Gasteiger partial charge in [0.2, 0.25) is 0 Å². The number of hydrogen-bond acceptors (Lipinski definition) is 9. The minimum atomic E-state index is -1.61. The molecule has 238 valence electrons. The van der Waals surface area contributed by atoms with Crippen LogP contribution in [0.2, 0.25) is 0 Å². The lowest BCUT2D eigenvalue weighted by Gasteiger charge is -2.45. The summed E-state index contributed by atoms with van der Waals surface area (Å²) in [6, 6.07) is 15.4. The molecule has 1 saturated carbocycles. The maximum Gasteiger partial charge on any atom is 0.410 e. The Morgan fingerprint density at radius 3 is 2.13 bits per heavy atom. The highest BCUT2D eigenvalue weighted by Crippen LogP contribution is 2.34. The molecule has 1 aliphatic heterocycles. The van der Waals surface area contributed by atoms with E-state index >= 15 is 0 Å². The van der Waals surface area contributed by atoms with Crippen molar-refractivity contribution < 1.29 is 29.2 Å². The minimum Gasteiger partial charge on any atom is -0.445 e. The molecule has 2 aromatic carbocycles. The van der Waals surface area contributed by atoms with Crippen LogP contribution in [0.15, 0.2) is 76.0 Å². The molecular formula is C29H36N10O6. The molecule has 0 aromatic heterocycles. The molecule has 4 rings (SSSR count). The Bertz CT molecular complexity index is 1400. The Morgan fingerprint density at radius 1 is 0.911 bits per heavy atom. The third-order valence-corrected chi connectivity index (χ3v) is 8.09. The number of ether oxygens (including phenoxy) is 3. The molecule has 0 radical (unpaired) electrons. The SMILES string of the molecule is CC[C@@H]([C@@H]1CCC(N=[N+]=[N-])[C@@H](O[C@@H]2C(N=[N+]=[N-])CC(N=[N+]=[N-])[C@H](O)[C@H]2O)O1)N(Cc1ccccc1)C(=O)OCc1ccccc1. The Hall–Kier alpha value is -4.52. The largest absolute Gasteiger partial charge is 0.445 e. The van der Waals surface area contributed by atoms with Crippen LogP contribution in [0, 0.1) is 0 Å². The summed E-state index contributed by atoms with van der Waals surface area (Å²) >= 11 is 0. The van der Waals surface area contributed by atoms with Crippen molar-refractivity contribution in [2.45, 2.75) is 101 Å². The van der Waals surface area contributed by atoms with E-state index < -0.39 is 61.0 Å². The van der Waals surface area contributed by atoms with E-state index in [9.17, 15) is 20.5 Å². The molecule has 9 atom stereocenters. The molecule has 16 heteroatoms. The first-order valence-electron chi connectivity index (χ1n) is 14.7. The summed E-state index contributed by atoms with van der Waals surface area (Å²) in [6.45, 7) is 2.24. The number of rotatable bonds is 12. The second-order valence-corrected chi connectivity index (χ2v) is 10.9. The summed E-state index contributed by atoms with van der Waals surface area (Å²) in [4.78, 5) is 23.7. The number of aliphatic hydroxyl groups is 2. The average molecular weight is 621 g/mol. The summed E-state index contributed by atoms with van der Waals surface area (Å²) in [5.41, 5.74) is 29.0. The van der Waals surface area contributed by atoms with E-state index in [1.807, 2.05) is 67.6 Å². The zero-order chi connectivity index (χ0) is 32.2. The highest BCUT2D eigenvalue weighted by molar-refractivity contribution is 5.68. The van der Waals surface area contributed by atoms with Gasteiger partial charge in [-0.1, -0.05) is 82.9 Å². The van der Waals surface area contributed by atoms with E-state index in [1.165, 1.54) is 0 Å². The van der Waals surface area contributed by atoms with Crippen molar-refractivity contribution in [1.82, 2.24) is 4.90 Å². The monoisotopic (exact) mass is 620 g/mol. The number of azide groups is 3. The van der Waals surface area contributed by atoms with E-state index in [2.05, 4.69) is 30.1 Å². The van der Waals surface area contributed by atoms with Crippen molar-refractivity contribution in [3.05, 3.63) is 103 Å². The molecule has 0 spiro atoms. The second-order valence-electron chi connectivity index (χ2n) is 10.9. The number of hydrogen-bond donors (Lipinski definition) is 2. The van der Waals surface area contributed by atoms with Crippen molar-refractivity contribution >= 4 is 6.09 Å². The van der Waals surface area contributed by atoms with Gasteiger partial charge < -0.3 is 24.4 Å². The molecule has 1 amide bonds. The van der Waals surface area contributed by atoms with E-state index in [1.54, 1.807) is 4.90 Å². The van der Waals surface area contributed by atoms with Gasteiger partial charge in [-0.15, -0.1) is 0 Å². The van der Waals surface area contributed by atoms with E-state index in [4.69, 9.17) is 25.3 Å². The summed E-state index contributed by atoms with van der Waals surface area (Å²) in [5.74, 6) is 0. The number of benzene rings is 2. The molecule has 1 saturated heterocycles. The highest BCUT2D eigenvalue weighted by Gasteiger charge is 2.47. The third kappa shape index (κ3) is 8.56. The molecule has 1 aliphatic carbocycles. The topological polar surface area (TPSA) is 235 Å². The molecule has 16 nitrogen and oxygen atoms in total. The van der Waals surface area contributed by atoms with Gasteiger partial charge in [-0.05, 0) is 53.4 Å². The average Bonchev–Trinajstić information content (AvgIpc) is 3.06. The number of carbonyl (C=O) groups is 1. The van der Waals surface area contributed by atoms with E-state index in [-0.39, 0.29) is 19.6 Å². The molecule has 0 bridgehead atoms. The number of carbonyl (C=O) groups excluding carboxylic acids is 1. The molecule has 2 aliphatic rings. The summed E-state index contributed by atoms with van der Waals surface area (Å²) in [7, 11) is 0. The predicted octanol–water partition coefficient (Wildman–Crippen LogP) is 5.66. The summed E-state index contributed by atoms with van der Waals surface area (Å²) < 4.78 is 18.2. The molecule has 1 heterocycles. The number of aliphatic hydroxyl groups excluding tert-OH is 2. The quantitative estimate of drug-likeness (QED) is 0.172. The first-order chi connectivity index (χ1) is 21.9. The molecule has 3 unspecified atom stereocenters. The van der Waals surface area contributed by atoms with Gasteiger partial charge >= 0.3 is 6.09 Å². The van der Waals surface area contributed by atoms with Crippen molar-refractivity contribution in [3.8, 4) is 0 Å². The fourth-order valence-electron chi connectivity index (χ4n) is 5.83. The normalized spacial score (nSPS) is 28.3. The molecular weight excluding hydrogens is 584 g/mol. The molecule has 2 N–H and O–H groups in total. The Kier molecular flexibility index (Phi) is 12.3. The van der Waals surface area contributed by atoms with Gasteiger partial charge in [-0.25, -0.2) is 4.79 Å². The van der Waals surface area contributed by atoms with Crippen LogP contribution in [0.4, 0.5) is 4.79 Å². The van der Waals surface area contributed by atoms with Gasteiger partial charge in [0.15, 0.2) is 6.29 Å². The van der Waals surface area contributed by atoms with Gasteiger partial charge in [-0.2, -0.15) is 0 Å². The first kappa shape index (κ1) is 33.4. The minimum absolute atomic E-state index is 0.0805. The van der Waals surface area contributed by atoms with E-state index in [0.717, 1.165) is 11.1 Å². The Morgan fingerprint density at radius 2 is 1.51 bits per heavy atom. The van der Waals surface area contributed by atoms with Crippen LogP contribution in [0.1, 0.15) is 43.7 Å². The van der Waals surface area contributed by atoms with Crippen LogP contribution in [0.25, 0.3) is 31.3 Å². The summed E-state index contributed by atoms with van der Waals surface area (Å²) in [5, 5.41) is 32.6. The smallest absolute Gasteiger partial charge is 0.410 e. The maximum absolute atomic E-state index is 13.6. The van der Waals surface area contributed by atoms with Gasteiger partial charge in [0.25, 0.3) is 0 Å². The van der Waals surface area contributed by atoms with Gasteiger partial charge in [-0.3, -0.25) is 4.90 Å². The second kappa shape index (κ2) is 16.5. The molecule has 45 heavy (non-hydrogen) atoms. The van der Waals surface area contributed by atoms with Gasteiger partial charge in [0.1, 0.15) is 12.7 Å². The highest BCUT2D eigenvalue weighted by atomic mass is 16.7. The van der Waals surface area contributed by atoms with Crippen LogP contribution in [-0.2, 0) is 27.4 Å². The van der Waals surface area contributed by atoms with Crippen molar-refractivity contribution in [3.63, 3.8) is 0 Å². The predicted molar refractivity (Wildman–Crippen MR) is 161 cm³/mol. The van der Waals surface area contributed by atoms with Crippen LogP contribution in [0.3, 0.4) is 0 Å². The zero-order valence-electron chi connectivity index (χ0n) is 24.7. The number of nitrogens with zero attached hydrogens (tertiary/aromatic N) is 10. The zero-order valence-corrected chi connectivity index (χ0v) is 24.7. The van der Waals surface area contributed by atoms with Crippen molar-refractivity contribution in [2.75, 3.05) is 0 Å². The fraction of sp³-hybridized carbons (Fsp3) is 0.552. The molecule has 2 aromatic rings. The lowest BCUT2D eigenvalue weighted by molar-refractivity contribution is -0.260. The standard InChI is InChI=1S/C29H36N10O6/c1-2-23(39(16-18-9-5-3-6-10-18)29(42)43-17-19-11-7-4-8-12-19)24-14-13-20(33-36-30)28(44-24)45-27-22(35-38-32)15-21(34-37-31)25(40)26(27)41/h3-12,20-28,40-41H,2,13-17H2,1H3/t20?,21?,22?,23-,24-,25-,26+,27+,28+/m0/s1. The van der Waals surface area contributed by atoms with Crippen LogP contribution >= 0.6 is 0 Å². The third-order valence-electron chi connectivity index (χ3n) is 8.09. The lowest BCUT2D eigenvalue weighted by atomic mass is 9.84. The van der Waals surface area contributed by atoms with Crippen molar-refractivity contribution in [1.29, 1.82) is 0 Å². The first-order valence-corrected chi connectivity index (χ1v) is 14.7. The maximum atomic E-state index is 13.6. The van der Waals surface area contributed by atoms with Gasteiger partial charge in [0, 0.05) is 21.3 Å². The summed E-state index contributed by atoms with van der Waals surface area (Å²) in [6.07, 6.45) is -5.59. The Labute approximate surface area is 259 Å². The molecule has 2 fully saturated rings. The fourth-order valence-corrected chi connectivity index (χ4v) is 5.83. The van der Waals surface area contributed by atoms with Crippen LogP contribution in [-0.4, -0.2) is 76.1 Å². The van der Waals surface area contributed by atoms with Crippen LogP contribution in [0.5, 0.6) is 0 Å². The lowest BCUT2D eigenvalue weighted by Crippen LogP contribution is -2.59.